The van der Waals surface area contributed by atoms with Gasteiger partial charge in [-0.1, -0.05) is 49.7 Å². The van der Waals surface area contributed by atoms with E-state index in [9.17, 15) is 18.0 Å². The molecule has 0 saturated heterocycles. The second-order valence-electron chi connectivity index (χ2n) is 9.56. The van der Waals surface area contributed by atoms with E-state index in [4.69, 9.17) is 11.6 Å². The lowest BCUT2D eigenvalue weighted by atomic mass is 10.1. The zero-order chi connectivity index (χ0) is 27.8. The van der Waals surface area contributed by atoms with Crippen LogP contribution < -0.4 is 9.62 Å². The van der Waals surface area contributed by atoms with Crippen molar-refractivity contribution < 1.29 is 18.0 Å². The van der Waals surface area contributed by atoms with Gasteiger partial charge in [-0.3, -0.25) is 13.9 Å². The highest BCUT2D eigenvalue weighted by molar-refractivity contribution is 7.92. The maximum atomic E-state index is 13.5. The average molecular weight is 550 g/mol. The predicted octanol–water partition coefficient (Wildman–Crippen LogP) is 5.23. The molecule has 2 unspecified atom stereocenters. The monoisotopic (exact) mass is 549 g/mol. The fraction of sp³-hybridized carbons (Fsp3) is 0.500. The Morgan fingerprint density at radius 1 is 1.03 bits per heavy atom. The van der Waals surface area contributed by atoms with Crippen LogP contribution in [0, 0.1) is 13.8 Å². The number of nitrogens with zero attached hydrogens (tertiary/aromatic N) is 2. The number of nitrogens with one attached hydrogen (secondary N) is 1. The summed E-state index contributed by atoms with van der Waals surface area (Å²) in [4.78, 5) is 28.2. The molecule has 0 saturated carbocycles. The van der Waals surface area contributed by atoms with Gasteiger partial charge < -0.3 is 10.2 Å². The minimum atomic E-state index is -3.54. The second kappa shape index (κ2) is 13.8. The van der Waals surface area contributed by atoms with Crippen LogP contribution in [0.15, 0.2) is 42.5 Å². The van der Waals surface area contributed by atoms with Gasteiger partial charge in [0.1, 0.15) is 6.04 Å². The smallest absolute Gasteiger partial charge is 0.243 e. The largest absolute Gasteiger partial charge is 0.352 e. The van der Waals surface area contributed by atoms with Crippen LogP contribution in [0.25, 0.3) is 0 Å². The second-order valence-corrected chi connectivity index (χ2v) is 11.9. The number of aryl methyl sites for hydroxylation is 2. The zero-order valence-corrected chi connectivity index (χ0v) is 24.3. The first-order valence-corrected chi connectivity index (χ1v) is 15.0. The first-order valence-electron chi connectivity index (χ1n) is 12.8. The summed E-state index contributed by atoms with van der Waals surface area (Å²) < 4.78 is 26.4. The average Bonchev–Trinajstić information content (AvgIpc) is 2.83. The lowest BCUT2D eigenvalue weighted by molar-refractivity contribution is -0.141. The number of anilines is 1. The highest BCUT2D eigenvalue weighted by Crippen LogP contribution is 2.23. The molecule has 37 heavy (non-hydrogen) atoms. The molecule has 0 fully saturated rings. The number of hydrogen-bond acceptors (Lipinski definition) is 4. The lowest BCUT2D eigenvalue weighted by Crippen LogP contribution is -2.50. The SMILES string of the molecule is CCC(C)NC(=O)C(CC)N(Cc1ccccc1Cl)C(=O)CCCN(c1ccc(C)c(C)c1)S(C)(=O)=O. The number of amides is 2. The van der Waals surface area contributed by atoms with Crippen LogP contribution in [0.1, 0.15) is 63.1 Å². The highest BCUT2D eigenvalue weighted by atomic mass is 35.5. The minimum absolute atomic E-state index is 0.0138. The molecule has 1 N–H and O–H groups in total. The van der Waals surface area contributed by atoms with Gasteiger partial charge in [-0.2, -0.15) is 0 Å². The molecule has 2 rings (SSSR count). The number of carbonyl (C=O) groups excluding carboxylic acids is 2. The Labute approximate surface area is 227 Å². The number of hydrogen-bond donors (Lipinski definition) is 1. The van der Waals surface area contributed by atoms with E-state index in [0.29, 0.717) is 23.6 Å². The van der Waals surface area contributed by atoms with Crippen LogP contribution in [0.5, 0.6) is 0 Å². The van der Waals surface area contributed by atoms with Gasteiger partial charge in [0, 0.05) is 30.6 Å². The molecule has 2 aromatic carbocycles. The molecule has 0 bridgehead atoms. The van der Waals surface area contributed by atoms with Crippen LogP contribution in [-0.2, 0) is 26.2 Å². The Kier molecular flexibility index (Phi) is 11.4. The summed E-state index contributed by atoms with van der Waals surface area (Å²) >= 11 is 6.38. The van der Waals surface area contributed by atoms with Crippen LogP contribution in [0.4, 0.5) is 5.69 Å². The van der Waals surface area contributed by atoms with Gasteiger partial charge in [-0.25, -0.2) is 8.42 Å². The van der Waals surface area contributed by atoms with E-state index >= 15 is 0 Å². The molecular formula is C28H40ClN3O4S. The summed E-state index contributed by atoms with van der Waals surface area (Å²) in [6.45, 7) is 10.0. The van der Waals surface area contributed by atoms with Crippen molar-refractivity contribution in [2.24, 2.45) is 0 Å². The van der Waals surface area contributed by atoms with Gasteiger partial charge in [-0.15, -0.1) is 0 Å². The van der Waals surface area contributed by atoms with Gasteiger partial charge in [-0.05, 0) is 74.9 Å². The Bertz CT molecular complexity index is 1190. The maximum absolute atomic E-state index is 13.5. The Morgan fingerprint density at radius 2 is 1.70 bits per heavy atom. The molecule has 9 heteroatoms. The molecule has 0 aliphatic carbocycles. The number of halogens is 1. The molecule has 0 aromatic heterocycles. The topological polar surface area (TPSA) is 86.8 Å². The van der Waals surface area contributed by atoms with Gasteiger partial charge in [0.25, 0.3) is 0 Å². The quantitative estimate of drug-likeness (QED) is 0.371. The van der Waals surface area contributed by atoms with E-state index in [1.807, 2.05) is 65.0 Å². The molecule has 0 aliphatic rings. The molecule has 2 atom stereocenters. The van der Waals surface area contributed by atoms with Crippen molar-refractivity contribution in [1.82, 2.24) is 10.2 Å². The van der Waals surface area contributed by atoms with E-state index in [0.717, 1.165) is 23.1 Å². The van der Waals surface area contributed by atoms with E-state index in [1.54, 1.807) is 17.0 Å². The summed E-state index contributed by atoms with van der Waals surface area (Å²) in [5, 5.41) is 3.51. The third kappa shape index (κ3) is 8.75. The molecule has 2 aromatic rings. The Hall–Kier alpha value is -2.58. The van der Waals surface area contributed by atoms with E-state index in [-0.39, 0.29) is 37.4 Å². The fourth-order valence-corrected chi connectivity index (χ4v) is 5.21. The minimum Gasteiger partial charge on any atom is -0.352 e. The van der Waals surface area contributed by atoms with Gasteiger partial charge in [0.05, 0.1) is 11.9 Å². The fourth-order valence-electron chi connectivity index (χ4n) is 4.06. The number of rotatable bonds is 13. The summed E-state index contributed by atoms with van der Waals surface area (Å²) in [6, 6.07) is 12.1. The summed E-state index contributed by atoms with van der Waals surface area (Å²) in [6.07, 6.45) is 2.78. The molecule has 0 radical (unpaired) electrons. The van der Waals surface area contributed by atoms with Crippen LogP contribution >= 0.6 is 11.6 Å². The van der Waals surface area contributed by atoms with Gasteiger partial charge in [0.15, 0.2) is 0 Å². The van der Waals surface area contributed by atoms with Crippen molar-refractivity contribution >= 4 is 39.1 Å². The number of sulfonamides is 1. The summed E-state index contributed by atoms with van der Waals surface area (Å²) in [5.74, 6) is -0.426. The number of benzene rings is 2. The molecule has 2 amide bonds. The van der Waals surface area contributed by atoms with Crippen molar-refractivity contribution in [3.05, 3.63) is 64.2 Å². The molecule has 7 nitrogen and oxygen atoms in total. The third-order valence-corrected chi connectivity index (χ3v) is 8.18. The molecule has 0 aliphatic heterocycles. The first-order chi connectivity index (χ1) is 17.4. The maximum Gasteiger partial charge on any atom is 0.243 e. The molecule has 0 spiro atoms. The van der Waals surface area contributed by atoms with E-state index < -0.39 is 16.1 Å². The zero-order valence-electron chi connectivity index (χ0n) is 22.8. The van der Waals surface area contributed by atoms with Gasteiger partial charge >= 0.3 is 0 Å². The molecular weight excluding hydrogens is 510 g/mol. The first kappa shape index (κ1) is 30.6. The van der Waals surface area contributed by atoms with Crippen LogP contribution in [-0.4, -0.2) is 50.0 Å². The standard InChI is InChI=1S/C28H40ClN3O4S/c1-7-22(5)30-28(34)26(8-2)31(19-23-12-9-10-13-25(23)29)27(33)14-11-17-32(37(6,35)36)24-16-15-20(3)21(4)18-24/h9-10,12-13,15-16,18,22,26H,7-8,11,14,17,19H2,1-6H3,(H,30,34). The molecule has 204 valence electrons. The normalized spacial score (nSPS) is 13.1. The van der Waals surface area contributed by atoms with Crippen LogP contribution in [0.3, 0.4) is 0 Å². The van der Waals surface area contributed by atoms with Crippen molar-refractivity contribution in [2.75, 3.05) is 17.1 Å². The summed E-state index contributed by atoms with van der Waals surface area (Å²) in [7, 11) is -3.54. The lowest BCUT2D eigenvalue weighted by Gasteiger charge is -2.32. The van der Waals surface area contributed by atoms with E-state index in [1.165, 1.54) is 10.6 Å². The summed E-state index contributed by atoms with van der Waals surface area (Å²) in [5.41, 5.74) is 3.39. The Balaban J connectivity index is 2.25. The van der Waals surface area contributed by atoms with Crippen molar-refractivity contribution in [1.29, 1.82) is 0 Å². The third-order valence-electron chi connectivity index (χ3n) is 6.62. The van der Waals surface area contributed by atoms with Crippen molar-refractivity contribution in [2.45, 2.75) is 78.9 Å². The van der Waals surface area contributed by atoms with Crippen LogP contribution in [0.2, 0.25) is 5.02 Å². The van der Waals surface area contributed by atoms with E-state index in [2.05, 4.69) is 5.32 Å². The van der Waals surface area contributed by atoms with Crippen molar-refractivity contribution in [3.8, 4) is 0 Å². The van der Waals surface area contributed by atoms with Crippen molar-refractivity contribution in [3.63, 3.8) is 0 Å². The Morgan fingerprint density at radius 3 is 2.27 bits per heavy atom. The van der Waals surface area contributed by atoms with Gasteiger partial charge in [0.2, 0.25) is 21.8 Å². The highest BCUT2D eigenvalue weighted by Gasteiger charge is 2.30. The number of carbonyl (C=O) groups is 2. The predicted molar refractivity (Wildman–Crippen MR) is 151 cm³/mol. The molecule has 0 heterocycles.